The molecule has 2 rings (SSSR count). The van der Waals surface area contributed by atoms with Crippen LogP contribution in [0.2, 0.25) is 0 Å². The highest BCUT2D eigenvalue weighted by atomic mass is 16.4. The van der Waals surface area contributed by atoms with Gasteiger partial charge in [0.25, 0.3) is 5.91 Å². The van der Waals surface area contributed by atoms with Gasteiger partial charge in [0.15, 0.2) is 0 Å². The summed E-state index contributed by atoms with van der Waals surface area (Å²) in [6.07, 6.45) is 6.16. The van der Waals surface area contributed by atoms with E-state index in [9.17, 15) is 19.2 Å². The number of hydrogen-bond acceptors (Lipinski definition) is 4. The molecule has 1 aromatic carbocycles. The number of rotatable bonds is 8. The minimum absolute atomic E-state index is 0.111. The molecule has 152 valence electrons. The first-order valence-electron chi connectivity index (χ1n) is 9.55. The van der Waals surface area contributed by atoms with Crippen LogP contribution in [0.1, 0.15) is 55.8 Å². The molecule has 3 amide bonds. The number of benzene rings is 1. The van der Waals surface area contributed by atoms with Crippen molar-refractivity contribution < 1.29 is 24.3 Å². The Bertz CT molecular complexity index is 711. The second-order valence-corrected chi connectivity index (χ2v) is 7.14. The Kier molecular flexibility index (Phi) is 7.98. The van der Waals surface area contributed by atoms with Gasteiger partial charge in [-0.1, -0.05) is 19.3 Å². The third-order valence-corrected chi connectivity index (χ3v) is 4.78. The van der Waals surface area contributed by atoms with Crippen molar-refractivity contribution in [2.75, 3.05) is 11.9 Å². The van der Waals surface area contributed by atoms with Crippen LogP contribution in [0.4, 0.5) is 5.69 Å². The van der Waals surface area contributed by atoms with Crippen molar-refractivity contribution in [1.82, 2.24) is 10.6 Å². The maximum atomic E-state index is 12.3. The molecule has 1 saturated carbocycles. The normalized spacial score (nSPS) is 15.3. The molecule has 0 heterocycles. The smallest absolute Gasteiger partial charge is 0.322 e. The lowest BCUT2D eigenvalue weighted by molar-refractivity contribution is -0.135. The topological polar surface area (TPSA) is 125 Å². The molecular weight excluding hydrogens is 362 g/mol. The Labute approximate surface area is 164 Å². The van der Waals surface area contributed by atoms with Gasteiger partial charge in [-0.25, -0.2) is 0 Å². The van der Waals surface area contributed by atoms with E-state index in [4.69, 9.17) is 5.11 Å². The summed E-state index contributed by atoms with van der Waals surface area (Å²) in [6.45, 7) is 1.16. The van der Waals surface area contributed by atoms with Crippen LogP contribution < -0.4 is 16.0 Å². The molecule has 0 bridgehead atoms. The molecule has 8 heteroatoms. The average molecular weight is 389 g/mol. The highest BCUT2D eigenvalue weighted by molar-refractivity contribution is 5.98. The van der Waals surface area contributed by atoms with Crippen LogP contribution in [0.25, 0.3) is 0 Å². The zero-order chi connectivity index (χ0) is 20.5. The number of carboxylic acids is 1. The van der Waals surface area contributed by atoms with Gasteiger partial charge in [0.2, 0.25) is 11.8 Å². The van der Waals surface area contributed by atoms with Crippen LogP contribution in [0.15, 0.2) is 24.3 Å². The lowest BCUT2D eigenvalue weighted by Gasteiger charge is -2.22. The van der Waals surface area contributed by atoms with E-state index >= 15 is 0 Å². The summed E-state index contributed by atoms with van der Waals surface area (Å²) in [4.78, 5) is 46.6. The monoisotopic (exact) mass is 389 g/mol. The minimum atomic E-state index is -1.13. The van der Waals surface area contributed by atoms with Crippen LogP contribution in [0.5, 0.6) is 0 Å². The number of carbonyl (C=O) groups is 4. The molecule has 0 radical (unpaired) electrons. The van der Waals surface area contributed by atoms with E-state index in [1.54, 1.807) is 19.1 Å². The molecule has 28 heavy (non-hydrogen) atoms. The molecule has 1 aliphatic carbocycles. The van der Waals surface area contributed by atoms with E-state index in [-0.39, 0.29) is 17.4 Å². The van der Waals surface area contributed by atoms with Gasteiger partial charge in [-0.3, -0.25) is 19.2 Å². The SMILES string of the molecule is CC(NC(=O)CC1CCCCC1)C(=O)Nc1ccc(C(=O)NCC(=O)O)cc1. The minimum Gasteiger partial charge on any atom is -0.480 e. The van der Waals surface area contributed by atoms with Crippen molar-refractivity contribution in [3.63, 3.8) is 0 Å². The Morgan fingerprint density at radius 2 is 1.71 bits per heavy atom. The van der Waals surface area contributed by atoms with E-state index in [1.165, 1.54) is 18.6 Å². The van der Waals surface area contributed by atoms with Crippen molar-refractivity contribution in [2.24, 2.45) is 5.92 Å². The summed E-state index contributed by atoms with van der Waals surface area (Å²) in [5, 5.41) is 16.2. The first-order valence-corrected chi connectivity index (χ1v) is 9.55. The van der Waals surface area contributed by atoms with E-state index in [0.29, 0.717) is 18.0 Å². The fourth-order valence-electron chi connectivity index (χ4n) is 3.23. The first-order chi connectivity index (χ1) is 13.3. The molecular formula is C20H27N3O5. The summed E-state index contributed by atoms with van der Waals surface area (Å²) >= 11 is 0. The van der Waals surface area contributed by atoms with Gasteiger partial charge >= 0.3 is 5.97 Å². The fourth-order valence-corrected chi connectivity index (χ4v) is 3.23. The lowest BCUT2D eigenvalue weighted by Crippen LogP contribution is -2.42. The van der Waals surface area contributed by atoms with Gasteiger partial charge < -0.3 is 21.1 Å². The molecule has 1 aromatic rings. The number of anilines is 1. The highest BCUT2D eigenvalue weighted by Crippen LogP contribution is 2.26. The van der Waals surface area contributed by atoms with E-state index in [0.717, 1.165) is 25.7 Å². The van der Waals surface area contributed by atoms with Gasteiger partial charge in [0, 0.05) is 17.7 Å². The molecule has 4 N–H and O–H groups in total. The molecule has 1 fully saturated rings. The van der Waals surface area contributed by atoms with Crippen LogP contribution in [-0.4, -0.2) is 41.4 Å². The molecule has 8 nitrogen and oxygen atoms in total. The maximum Gasteiger partial charge on any atom is 0.322 e. The number of aliphatic carboxylic acids is 1. The standard InChI is InChI=1S/C20H27N3O5/c1-13(22-17(24)11-14-5-3-2-4-6-14)19(27)23-16-9-7-15(8-10-16)20(28)21-12-18(25)26/h7-10,13-14H,2-6,11-12H2,1H3,(H,21,28)(H,22,24)(H,23,27)(H,25,26). The van der Waals surface area contributed by atoms with Gasteiger partial charge in [-0.05, 0) is 49.9 Å². The van der Waals surface area contributed by atoms with Crippen molar-refractivity contribution in [2.45, 2.75) is 51.5 Å². The highest BCUT2D eigenvalue weighted by Gasteiger charge is 2.20. The fraction of sp³-hybridized carbons (Fsp3) is 0.500. The van der Waals surface area contributed by atoms with Crippen LogP contribution in [-0.2, 0) is 14.4 Å². The van der Waals surface area contributed by atoms with E-state index in [1.807, 2.05) is 0 Å². The number of nitrogens with one attached hydrogen (secondary N) is 3. The van der Waals surface area contributed by atoms with Crippen molar-refractivity contribution in [3.8, 4) is 0 Å². The molecule has 1 unspecified atom stereocenters. The van der Waals surface area contributed by atoms with Crippen LogP contribution >= 0.6 is 0 Å². The summed E-state index contributed by atoms with van der Waals surface area (Å²) in [6, 6.07) is 5.39. The Morgan fingerprint density at radius 1 is 1.07 bits per heavy atom. The predicted octanol–water partition coefficient (Wildman–Crippen LogP) is 1.91. The molecule has 0 aliphatic heterocycles. The quantitative estimate of drug-likeness (QED) is 0.541. The zero-order valence-electron chi connectivity index (χ0n) is 16.0. The third kappa shape index (κ3) is 7.02. The van der Waals surface area contributed by atoms with Crippen LogP contribution in [0.3, 0.4) is 0 Å². The van der Waals surface area contributed by atoms with Crippen LogP contribution in [0, 0.1) is 5.92 Å². The van der Waals surface area contributed by atoms with Crippen molar-refractivity contribution in [1.29, 1.82) is 0 Å². The largest absolute Gasteiger partial charge is 0.480 e. The predicted molar refractivity (Wildman–Crippen MR) is 104 cm³/mol. The number of carbonyl (C=O) groups excluding carboxylic acids is 3. The summed E-state index contributed by atoms with van der Waals surface area (Å²) in [5.74, 6) is -1.69. The molecule has 0 aromatic heterocycles. The molecule has 1 atom stereocenters. The summed E-state index contributed by atoms with van der Waals surface area (Å²) in [7, 11) is 0. The number of hydrogen-bond donors (Lipinski definition) is 4. The Hall–Kier alpha value is -2.90. The van der Waals surface area contributed by atoms with Gasteiger partial charge in [-0.2, -0.15) is 0 Å². The van der Waals surface area contributed by atoms with Gasteiger partial charge in [-0.15, -0.1) is 0 Å². The van der Waals surface area contributed by atoms with E-state index in [2.05, 4.69) is 16.0 Å². The first kappa shape index (κ1) is 21.4. The van der Waals surface area contributed by atoms with E-state index < -0.39 is 24.5 Å². The summed E-state index contributed by atoms with van der Waals surface area (Å²) < 4.78 is 0. The molecule has 0 spiro atoms. The zero-order valence-corrected chi connectivity index (χ0v) is 16.0. The van der Waals surface area contributed by atoms with Gasteiger partial charge in [0.1, 0.15) is 12.6 Å². The lowest BCUT2D eigenvalue weighted by atomic mass is 9.87. The second-order valence-electron chi connectivity index (χ2n) is 7.14. The Morgan fingerprint density at radius 3 is 2.32 bits per heavy atom. The summed E-state index contributed by atoms with van der Waals surface area (Å²) in [5.41, 5.74) is 0.765. The molecule has 0 saturated heterocycles. The van der Waals surface area contributed by atoms with Crippen molar-refractivity contribution >= 4 is 29.4 Å². The number of amides is 3. The Balaban J connectivity index is 1.80. The van der Waals surface area contributed by atoms with Gasteiger partial charge in [0.05, 0.1) is 0 Å². The maximum absolute atomic E-state index is 12.3. The number of carboxylic acid groups (broad SMARTS) is 1. The van der Waals surface area contributed by atoms with Crippen molar-refractivity contribution in [3.05, 3.63) is 29.8 Å². The molecule has 1 aliphatic rings. The average Bonchev–Trinajstić information content (AvgIpc) is 2.67. The third-order valence-electron chi connectivity index (χ3n) is 4.78. The second kappa shape index (κ2) is 10.4.